The number of nitrogens with zero attached hydrogens (tertiary/aromatic N) is 1. The molecule has 7 nitrogen and oxygen atoms in total. The van der Waals surface area contributed by atoms with E-state index in [2.05, 4.69) is 14.9 Å². The van der Waals surface area contributed by atoms with Crippen molar-refractivity contribution in [3.8, 4) is 0 Å². The zero-order chi connectivity index (χ0) is 12.6. The molecule has 0 atom stereocenters. The predicted molar refractivity (Wildman–Crippen MR) is 60.3 cm³/mol. The van der Waals surface area contributed by atoms with Crippen LogP contribution in [-0.2, 0) is 19.9 Å². The summed E-state index contributed by atoms with van der Waals surface area (Å²) in [6.07, 6.45) is 0.862. The van der Waals surface area contributed by atoms with Gasteiger partial charge in [0, 0.05) is 6.26 Å². The minimum absolute atomic E-state index is 0.295. The average Bonchev–Trinajstić information content (AvgIpc) is 2.30. The molecule has 92 valence electrons. The SMILES string of the molecule is Cc1n[nH]c(C)c1NS(=O)(=O)CS(C)(=O)=O. The molecule has 1 rings (SSSR count). The molecule has 0 saturated heterocycles. The van der Waals surface area contributed by atoms with Crippen molar-refractivity contribution in [1.82, 2.24) is 10.2 Å². The second-order valence-electron chi connectivity index (χ2n) is 3.57. The van der Waals surface area contributed by atoms with E-state index in [1.54, 1.807) is 13.8 Å². The smallest absolute Gasteiger partial charge is 0.247 e. The fourth-order valence-electron chi connectivity index (χ4n) is 1.17. The zero-order valence-corrected chi connectivity index (χ0v) is 10.7. The summed E-state index contributed by atoms with van der Waals surface area (Å²) in [5.74, 6) is 0. The summed E-state index contributed by atoms with van der Waals surface area (Å²) < 4.78 is 47.0. The quantitative estimate of drug-likeness (QED) is 0.783. The molecule has 16 heavy (non-hydrogen) atoms. The van der Waals surface area contributed by atoms with E-state index in [9.17, 15) is 16.8 Å². The molecule has 0 aliphatic carbocycles. The molecule has 0 bridgehead atoms. The Morgan fingerprint density at radius 3 is 2.19 bits per heavy atom. The largest absolute Gasteiger partial charge is 0.280 e. The van der Waals surface area contributed by atoms with E-state index in [0.29, 0.717) is 17.1 Å². The Hall–Kier alpha value is -1.09. The van der Waals surface area contributed by atoms with Crippen LogP contribution in [0.1, 0.15) is 11.4 Å². The minimum atomic E-state index is -3.91. The van der Waals surface area contributed by atoms with Crippen LogP contribution in [0.5, 0.6) is 0 Å². The van der Waals surface area contributed by atoms with Gasteiger partial charge in [-0.15, -0.1) is 0 Å². The Kier molecular flexibility index (Phi) is 3.29. The van der Waals surface area contributed by atoms with Gasteiger partial charge in [0.05, 0.1) is 17.1 Å². The number of hydrogen-bond donors (Lipinski definition) is 2. The van der Waals surface area contributed by atoms with Gasteiger partial charge in [-0.1, -0.05) is 0 Å². The number of sulfonamides is 1. The second kappa shape index (κ2) is 4.06. The van der Waals surface area contributed by atoms with Crippen LogP contribution < -0.4 is 4.72 Å². The molecule has 0 saturated carbocycles. The third kappa shape index (κ3) is 3.49. The van der Waals surface area contributed by atoms with Crippen molar-refractivity contribution in [3.05, 3.63) is 11.4 Å². The maximum Gasteiger partial charge on any atom is 0.247 e. The van der Waals surface area contributed by atoms with Crippen molar-refractivity contribution in [2.75, 3.05) is 16.1 Å². The number of anilines is 1. The van der Waals surface area contributed by atoms with Crippen LogP contribution in [0.4, 0.5) is 5.69 Å². The summed E-state index contributed by atoms with van der Waals surface area (Å²) in [6, 6.07) is 0. The van der Waals surface area contributed by atoms with E-state index in [-0.39, 0.29) is 0 Å². The van der Waals surface area contributed by atoms with E-state index >= 15 is 0 Å². The van der Waals surface area contributed by atoms with Crippen LogP contribution in [0.3, 0.4) is 0 Å². The van der Waals surface area contributed by atoms with E-state index in [4.69, 9.17) is 0 Å². The van der Waals surface area contributed by atoms with Gasteiger partial charge in [0.25, 0.3) is 0 Å². The maximum atomic E-state index is 11.5. The Balaban J connectivity index is 2.99. The molecule has 0 aliphatic heterocycles. The lowest BCUT2D eigenvalue weighted by Crippen LogP contribution is -2.22. The highest BCUT2D eigenvalue weighted by molar-refractivity contribution is 8.08. The molecule has 1 aromatic heterocycles. The van der Waals surface area contributed by atoms with E-state index in [0.717, 1.165) is 6.26 Å². The van der Waals surface area contributed by atoms with Crippen molar-refractivity contribution >= 4 is 25.5 Å². The average molecular weight is 267 g/mol. The predicted octanol–water partition coefficient (Wildman–Crippen LogP) is -0.230. The molecule has 1 heterocycles. The fourth-order valence-corrected chi connectivity index (χ4v) is 4.27. The molecule has 0 unspecified atom stereocenters. The first-order valence-corrected chi connectivity index (χ1v) is 8.02. The van der Waals surface area contributed by atoms with Crippen molar-refractivity contribution in [2.24, 2.45) is 0 Å². The van der Waals surface area contributed by atoms with Gasteiger partial charge < -0.3 is 0 Å². The lowest BCUT2D eigenvalue weighted by molar-refractivity contribution is 0.595. The van der Waals surface area contributed by atoms with Crippen LogP contribution >= 0.6 is 0 Å². The highest BCUT2D eigenvalue weighted by Gasteiger charge is 2.20. The van der Waals surface area contributed by atoms with Gasteiger partial charge in [-0.25, -0.2) is 16.8 Å². The minimum Gasteiger partial charge on any atom is -0.280 e. The number of aromatic nitrogens is 2. The van der Waals surface area contributed by atoms with Crippen molar-refractivity contribution < 1.29 is 16.8 Å². The van der Waals surface area contributed by atoms with E-state index in [1.807, 2.05) is 0 Å². The first-order valence-electron chi connectivity index (χ1n) is 4.30. The molecular weight excluding hydrogens is 254 g/mol. The molecular formula is C7H13N3O4S2. The molecule has 0 spiro atoms. The van der Waals surface area contributed by atoms with Gasteiger partial charge in [-0.05, 0) is 13.8 Å². The summed E-state index contributed by atoms with van der Waals surface area (Å²) in [6.45, 7) is 3.25. The lowest BCUT2D eigenvalue weighted by Gasteiger charge is -2.06. The third-order valence-corrected chi connectivity index (χ3v) is 5.22. The van der Waals surface area contributed by atoms with E-state index < -0.39 is 24.9 Å². The first-order chi connectivity index (χ1) is 7.11. The third-order valence-electron chi connectivity index (χ3n) is 1.75. The zero-order valence-electron chi connectivity index (χ0n) is 9.10. The lowest BCUT2D eigenvalue weighted by atomic mass is 10.3. The Labute approximate surface area is 94.2 Å². The van der Waals surface area contributed by atoms with Crippen molar-refractivity contribution in [2.45, 2.75) is 13.8 Å². The highest BCUT2D eigenvalue weighted by atomic mass is 32.3. The second-order valence-corrected chi connectivity index (χ2v) is 7.80. The summed E-state index contributed by atoms with van der Waals surface area (Å²) >= 11 is 0. The molecule has 0 aromatic carbocycles. The van der Waals surface area contributed by atoms with Crippen molar-refractivity contribution in [1.29, 1.82) is 0 Å². The number of aryl methyl sites for hydroxylation is 2. The molecule has 2 N–H and O–H groups in total. The Bertz CT molecular complexity index is 566. The van der Waals surface area contributed by atoms with Crippen LogP contribution in [-0.4, -0.2) is 38.4 Å². The van der Waals surface area contributed by atoms with Gasteiger partial charge in [-0.3, -0.25) is 9.82 Å². The molecule has 0 radical (unpaired) electrons. The molecule has 9 heteroatoms. The summed E-state index contributed by atoms with van der Waals surface area (Å²) in [5, 5.41) is 5.45. The van der Waals surface area contributed by atoms with E-state index in [1.165, 1.54) is 0 Å². The Morgan fingerprint density at radius 1 is 1.25 bits per heavy atom. The number of hydrogen-bond acceptors (Lipinski definition) is 5. The van der Waals surface area contributed by atoms with Crippen LogP contribution in [0.15, 0.2) is 0 Å². The van der Waals surface area contributed by atoms with Gasteiger partial charge >= 0.3 is 0 Å². The van der Waals surface area contributed by atoms with Crippen molar-refractivity contribution in [3.63, 3.8) is 0 Å². The fraction of sp³-hybridized carbons (Fsp3) is 0.571. The number of sulfone groups is 1. The molecule has 0 aliphatic rings. The first kappa shape index (κ1) is 13.0. The maximum absolute atomic E-state index is 11.5. The van der Waals surface area contributed by atoms with Crippen LogP contribution in [0.2, 0.25) is 0 Å². The Morgan fingerprint density at radius 2 is 1.81 bits per heavy atom. The van der Waals surface area contributed by atoms with Gasteiger partial charge in [0.2, 0.25) is 10.0 Å². The van der Waals surface area contributed by atoms with Crippen LogP contribution in [0, 0.1) is 13.8 Å². The molecule has 1 aromatic rings. The number of nitrogens with one attached hydrogen (secondary N) is 2. The topological polar surface area (TPSA) is 109 Å². The summed E-state index contributed by atoms with van der Waals surface area (Å²) in [5.41, 5.74) is 1.30. The standard InChI is InChI=1S/C7H13N3O4S2/c1-5-7(6(2)9-8-5)10-16(13,14)4-15(3,11)12/h10H,4H2,1-3H3,(H,8,9). The normalized spacial score (nSPS) is 12.7. The number of H-pyrrole nitrogens is 1. The monoisotopic (exact) mass is 267 g/mol. The van der Waals surface area contributed by atoms with Gasteiger partial charge in [0.15, 0.2) is 14.9 Å². The molecule has 0 amide bonds. The summed E-state index contributed by atoms with van der Waals surface area (Å²) in [7, 11) is -7.50. The highest BCUT2D eigenvalue weighted by Crippen LogP contribution is 2.17. The number of rotatable bonds is 4. The van der Waals surface area contributed by atoms with Crippen LogP contribution in [0.25, 0.3) is 0 Å². The van der Waals surface area contributed by atoms with Gasteiger partial charge in [0.1, 0.15) is 0 Å². The number of aromatic amines is 1. The molecule has 0 fully saturated rings. The summed E-state index contributed by atoms with van der Waals surface area (Å²) in [4.78, 5) is 0. The van der Waals surface area contributed by atoms with Gasteiger partial charge in [-0.2, -0.15) is 5.10 Å².